The number of rotatable bonds is 15. The summed E-state index contributed by atoms with van der Waals surface area (Å²) in [7, 11) is 2.89. The van der Waals surface area contributed by atoms with Gasteiger partial charge in [-0.1, -0.05) is 24.3 Å². The Morgan fingerprint density at radius 3 is 2.03 bits per heavy atom. The van der Waals surface area contributed by atoms with Crippen LogP contribution in [0.15, 0.2) is 29.3 Å². The summed E-state index contributed by atoms with van der Waals surface area (Å²) in [6.45, 7) is 0.166. The van der Waals surface area contributed by atoms with Crippen molar-refractivity contribution in [3.63, 3.8) is 0 Å². The van der Waals surface area contributed by atoms with Crippen molar-refractivity contribution in [1.82, 2.24) is 15.5 Å². The number of aliphatic carboxylic acids is 1. The molecule has 0 saturated heterocycles. The lowest BCUT2D eigenvalue weighted by atomic mass is 9.95. The van der Waals surface area contributed by atoms with Crippen LogP contribution in [0.3, 0.4) is 0 Å². The summed E-state index contributed by atoms with van der Waals surface area (Å²) < 4.78 is 0. The van der Waals surface area contributed by atoms with Gasteiger partial charge < -0.3 is 43.6 Å². The molecule has 15 heteroatoms. The van der Waals surface area contributed by atoms with E-state index in [9.17, 15) is 29.1 Å². The molecule has 12 N–H and O–H groups in total. The molecule has 1 aromatic rings. The van der Waals surface area contributed by atoms with E-state index in [4.69, 9.17) is 28.3 Å². The van der Waals surface area contributed by atoms with Crippen LogP contribution in [0.1, 0.15) is 30.4 Å². The predicted molar refractivity (Wildman–Crippen MR) is 139 cm³/mol. The van der Waals surface area contributed by atoms with Crippen LogP contribution in [0.2, 0.25) is 0 Å². The highest BCUT2D eigenvalue weighted by Gasteiger charge is 2.33. The molecule has 38 heavy (non-hydrogen) atoms. The highest BCUT2D eigenvalue weighted by molar-refractivity contribution is 6.02. The number of nitrogens with one attached hydrogen (secondary N) is 3. The summed E-state index contributed by atoms with van der Waals surface area (Å²) in [5.74, 6) is -6.31. The number of primary amides is 1. The number of hydrogen-bond donors (Lipinski definition) is 8. The van der Waals surface area contributed by atoms with Gasteiger partial charge in [0.15, 0.2) is 5.96 Å². The molecule has 0 aliphatic carbocycles. The monoisotopic (exact) mass is 533 g/mol. The molecule has 15 nitrogen and oxygen atoms in total. The Bertz CT molecular complexity index is 1070. The van der Waals surface area contributed by atoms with Crippen LogP contribution < -0.4 is 33.6 Å². The van der Waals surface area contributed by atoms with Gasteiger partial charge in [-0.2, -0.15) is 0 Å². The molecule has 0 spiro atoms. The summed E-state index contributed by atoms with van der Waals surface area (Å²) in [4.78, 5) is 67.0. The largest absolute Gasteiger partial charge is 0.481 e. The first-order valence-electron chi connectivity index (χ1n) is 11.5. The standard InChI is InChI=1S/C23H35N9O6/c1-32(2)22(38)14(10-12-5-7-13(8-6-12)18(24)25)20(36)31-16(11-17(33)34)21(37)30-15(19(26)35)4-3-9-29-23(27)28/h5-8,14-16H,3-4,9-11H2,1-2H3,(H3,24,25)(H2,26,35)(H,30,37)(H,31,36)(H,33,34)(H4,27,28,29)/t14?,15-,16-/m0/s1. The Morgan fingerprint density at radius 2 is 1.55 bits per heavy atom. The third kappa shape index (κ3) is 10.5. The fourth-order valence-corrected chi connectivity index (χ4v) is 3.38. The minimum atomic E-state index is -1.60. The number of amides is 4. The zero-order chi connectivity index (χ0) is 29.0. The van der Waals surface area contributed by atoms with Crippen LogP contribution in [0.25, 0.3) is 0 Å². The van der Waals surface area contributed by atoms with Gasteiger partial charge in [0, 0.05) is 26.2 Å². The van der Waals surface area contributed by atoms with E-state index >= 15 is 0 Å². The summed E-state index contributed by atoms with van der Waals surface area (Å²) >= 11 is 0. The number of nitrogens with zero attached hydrogens (tertiary/aromatic N) is 2. The maximum absolute atomic E-state index is 13.1. The van der Waals surface area contributed by atoms with Crippen molar-refractivity contribution in [3.8, 4) is 0 Å². The van der Waals surface area contributed by atoms with Crippen LogP contribution >= 0.6 is 0 Å². The number of carbonyl (C=O) groups is 5. The molecule has 0 heterocycles. The normalized spacial score (nSPS) is 12.8. The second-order valence-electron chi connectivity index (χ2n) is 8.67. The van der Waals surface area contributed by atoms with Gasteiger partial charge in [-0.05, 0) is 24.8 Å². The Morgan fingerprint density at radius 1 is 0.974 bits per heavy atom. The smallest absolute Gasteiger partial charge is 0.305 e. The Labute approximate surface area is 219 Å². The summed E-state index contributed by atoms with van der Waals surface area (Å²) in [6, 6.07) is 3.54. The van der Waals surface area contributed by atoms with E-state index in [-0.39, 0.29) is 37.6 Å². The first-order chi connectivity index (χ1) is 17.7. The second-order valence-corrected chi connectivity index (χ2v) is 8.67. The zero-order valence-corrected chi connectivity index (χ0v) is 21.3. The van der Waals surface area contributed by atoms with Crippen LogP contribution in [0.5, 0.6) is 0 Å². The molecular weight excluding hydrogens is 498 g/mol. The van der Waals surface area contributed by atoms with Crippen molar-refractivity contribution in [2.24, 2.45) is 33.8 Å². The number of carbonyl (C=O) groups excluding carboxylic acids is 4. The number of nitrogens with two attached hydrogens (primary N) is 4. The molecule has 0 fully saturated rings. The lowest BCUT2D eigenvalue weighted by Gasteiger charge is -2.24. The van der Waals surface area contributed by atoms with Gasteiger partial charge in [-0.3, -0.25) is 34.4 Å². The molecule has 0 aliphatic heterocycles. The summed E-state index contributed by atoms with van der Waals surface area (Å²) in [5, 5.41) is 21.4. The molecule has 0 radical (unpaired) electrons. The van der Waals surface area contributed by atoms with Crippen LogP contribution in [0, 0.1) is 11.3 Å². The molecule has 0 aliphatic rings. The minimum absolute atomic E-state index is 0.0591. The average Bonchev–Trinajstić information content (AvgIpc) is 2.82. The SMILES string of the molecule is CN(C)C(=O)C(Cc1ccc(C(=N)N)cc1)C(=O)N[C@@H](CC(=O)O)C(=O)N[C@@H](CCCN=C(N)N)C(N)=O. The maximum atomic E-state index is 13.1. The highest BCUT2D eigenvalue weighted by Crippen LogP contribution is 2.14. The first-order valence-corrected chi connectivity index (χ1v) is 11.5. The number of hydrogen-bond acceptors (Lipinski definition) is 7. The summed E-state index contributed by atoms with van der Waals surface area (Å²) in [5.41, 5.74) is 22.3. The van der Waals surface area contributed by atoms with Crippen molar-refractivity contribution in [1.29, 1.82) is 5.41 Å². The van der Waals surface area contributed by atoms with Gasteiger partial charge in [-0.15, -0.1) is 0 Å². The lowest BCUT2D eigenvalue weighted by Crippen LogP contribution is -2.55. The second kappa shape index (κ2) is 14.8. The van der Waals surface area contributed by atoms with Crippen molar-refractivity contribution < 1.29 is 29.1 Å². The minimum Gasteiger partial charge on any atom is -0.481 e. The molecule has 1 rings (SSSR count). The average molecular weight is 534 g/mol. The number of nitrogen functional groups attached to an aromatic ring is 1. The van der Waals surface area contributed by atoms with E-state index < -0.39 is 54.0 Å². The third-order valence-corrected chi connectivity index (χ3v) is 5.38. The Balaban J connectivity index is 3.08. The lowest BCUT2D eigenvalue weighted by molar-refractivity contribution is -0.143. The molecule has 0 bridgehead atoms. The molecule has 1 unspecified atom stereocenters. The third-order valence-electron chi connectivity index (χ3n) is 5.38. The van der Waals surface area contributed by atoms with Crippen LogP contribution in [-0.4, -0.2) is 84.1 Å². The topological polar surface area (TPSA) is 273 Å². The van der Waals surface area contributed by atoms with Crippen molar-refractivity contribution in [3.05, 3.63) is 35.4 Å². The van der Waals surface area contributed by atoms with Gasteiger partial charge in [0.25, 0.3) is 0 Å². The van der Waals surface area contributed by atoms with Gasteiger partial charge in [0.1, 0.15) is 23.8 Å². The van der Waals surface area contributed by atoms with E-state index in [1.54, 1.807) is 24.3 Å². The van der Waals surface area contributed by atoms with E-state index in [0.29, 0.717) is 11.1 Å². The van der Waals surface area contributed by atoms with E-state index in [0.717, 1.165) is 0 Å². The van der Waals surface area contributed by atoms with Crippen molar-refractivity contribution in [2.45, 2.75) is 37.8 Å². The number of carboxylic acids is 1. The van der Waals surface area contributed by atoms with Crippen LogP contribution in [0.4, 0.5) is 0 Å². The fraction of sp³-hybridized carbons (Fsp3) is 0.435. The number of guanidine groups is 1. The predicted octanol–water partition coefficient (Wildman–Crippen LogP) is -2.80. The molecule has 4 amide bonds. The zero-order valence-electron chi connectivity index (χ0n) is 21.3. The number of benzene rings is 1. The van der Waals surface area contributed by atoms with Crippen molar-refractivity contribution >= 4 is 41.4 Å². The Kier molecular flexibility index (Phi) is 12.2. The fourth-order valence-electron chi connectivity index (χ4n) is 3.38. The molecular formula is C23H35N9O6. The first kappa shape index (κ1) is 31.3. The molecule has 208 valence electrons. The van der Waals surface area contributed by atoms with Gasteiger partial charge >= 0.3 is 5.97 Å². The van der Waals surface area contributed by atoms with E-state index in [2.05, 4.69) is 15.6 Å². The van der Waals surface area contributed by atoms with Gasteiger partial charge in [-0.25, -0.2) is 0 Å². The van der Waals surface area contributed by atoms with Gasteiger partial charge in [0.2, 0.25) is 23.6 Å². The van der Waals surface area contributed by atoms with Crippen LogP contribution in [-0.2, 0) is 30.4 Å². The van der Waals surface area contributed by atoms with E-state index in [1.165, 1.54) is 19.0 Å². The number of amidine groups is 1. The molecule has 3 atom stereocenters. The van der Waals surface area contributed by atoms with E-state index in [1.807, 2.05) is 0 Å². The Hall–Kier alpha value is -4.69. The maximum Gasteiger partial charge on any atom is 0.305 e. The number of aliphatic imine (C=N–C) groups is 1. The van der Waals surface area contributed by atoms with Crippen molar-refractivity contribution in [2.75, 3.05) is 20.6 Å². The molecule has 0 saturated carbocycles. The molecule has 0 aromatic heterocycles. The number of carboxylic acid groups (broad SMARTS) is 1. The quantitative estimate of drug-likeness (QED) is 0.0499. The summed E-state index contributed by atoms with van der Waals surface area (Å²) in [6.07, 6.45) is -0.544. The highest BCUT2D eigenvalue weighted by atomic mass is 16.4. The van der Waals surface area contributed by atoms with Gasteiger partial charge in [0.05, 0.1) is 6.42 Å². The molecule has 1 aromatic carbocycles.